The molecule has 0 radical (unpaired) electrons. The van der Waals surface area contributed by atoms with E-state index in [-0.39, 0.29) is 14.9 Å². The fourth-order valence-corrected chi connectivity index (χ4v) is 3.97. The third-order valence-corrected chi connectivity index (χ3v) is 5.52. The lowest BCUT2D eigenvalue weighted by atomic mass is 10.0. The molecule has 0 saturated carbocycles. The van der Waals surface area contributed by atoms with Crippen LogP contribution in [-0.2, 0) is 9.05 Å². The molecule has 0 aliphatic rings. The van der Waals surface area contributed by atoms with E-state index in [2.05, 4.69) is 21.2 Å². The third-order valence-electron chi connectivity index (χ3n) is 3.23. The van der Waals surface area contributed by atoms with Crippen molar-refractivity contribution >= 4 is 41.6 Å². The van der Waals surface area contributed by atoms with Crippen LogP contribution in [0.15, 0.2) is 21.5 Å². The first-order valence-electron chi connectivity index (χ1n) is 6.42. The Hall–Kier alpha value is -0.660. The topological polar surface area (TPSA) is 63.2 Å². The molecule has 0 saturated heterocycles. The summed E-state index contributed by atoms with van der Waals surface area (Å²) in [5.74, 6) is -1.18. The predicted molar refractivity (Wildman–Crippen MR) is 83.5 cm³/mol. The molecule has 0 bridgehead atoms. The van der Waals surface area contributed by atoms with Crippen LogP contribution in [0.3, 0.4) is 0 Å². The molecule has 1 amide bonds. The maximum atomic E-state index is 13.8. The van der Waals surface area contributed by atoms with Crippen LogP contribution in [0.4, 0.5) is 4.39 Å². The molecule has 0 heterocycles. The van der Waals surface area contributed by atoms with Crippen molar-refractivity contribution in [2.24, 2.45) is 5.92 Å². The van der Waals surface area contributed by atoms with Crippen molar-refractivity contribution in [2.75, 3.05) is 6.54 Å². The first-order valence-corrected chi connectivity index (χ1v) is 9.52. The molecular formula is C13H16BrClFNO3S. The molecule has 0 unspecified atom stereocenters. The minimum absolute atomic E-state index is 0.0217. The minimum atomic E-state index is -4.07. The Balaban J connectivity index is 3.05. The molecule has 1 rings (SSSR count). The molecule has 21 heavy (non-hydrogen) atoms. The van der Waals surface area contributed by atoms with Gasteiger partial charge < -0.3 is 5.32 Å². The molecule has 0 aliphatic heterocycles. The maximum Gasteiger partial charge on any atom is 0.262 e. The number of hydrogen-bond donors (Lipinski definition) is 1. The van der Waals surface area contributed by atoms with Crippen LogP contribution < -0.4 is 5.32 Å². The second kappa shape index (κ2) is 7.56. The molecule has 1 N–H and O–H groups in total. The van der Waals surface area contributed by atoms with E-state index >= 15 is 0 Å². The average Bonchev–Trinajstić information content (AvgIpc) is 2.38. The predicted octanol–water partition coefficient (Wildman–Crippen LogP) is 3.68. The Morgan fingerprint density at radius 2 is 1.95 bits per heavy atom. The molecule has 0 fully saturated rings. The van der Waals surface area contributed by atoms with Crippen LogP contribution in [0.1, 0.15) is 37.0 Å². The third kappa shape index (κ3) is 4.93. The van der Waals surface area contributed by atoms with Gasteiger partial charge >= 0.3 is 0 Å². The van der Waals surface area contributed by atoms with Gasteiger partial charge in [0.1, 0.15) is 5.82 Å². The molecule has 0 atom stereocenters. The minimum Gasteiger partial charge on any atom is -0.352 e. The zero-order valence-electron chi connectivity index (χ0n) is 11.6. The van der Waals surface area contributed by atoms with E-state index in [1.165, 1.54) is 0 Å². The number of amides is 1. The lowest BCUT2D eigenvalue weighted by Gasteiger charge is -2.14. The molecular weight excluding hydrogens is 385 g/mol. The van der Waals surface area contributed by atoms with Gasteiger partial charge in [0.15, 0.2) is 0 Å². The van der Waals surface area contributed by atoms with Crippen molar-refractivity contribution < 1.29 is 17.6 Å². The lowest BCUT2D eigenvalue weighted by Crippen LogP contribution is -2.29. The van der Waals surface area contributed by atoms with Gasteiger partial charge in [-0.15, -0.1) is 0 Å². The van der Waals surface area contributed by atoms with Gasteiger partial charge in [0.05, 0.1) is 10.5 Å². The highest BCUT2D eigenvalue weighted by Gasteiger charge is 2.21. The van der Waals surface area contributed by atoms with Crippen molar-refractivity contribution in [3.63, 3.8) is 0 Å². The fraction of sp³-hybridized carbons (Fsp3) is 0.462. The van der Waals surface area contributed by atoms with E-state index in [9.17, 15) is 17.6 Å². The Bertz CT molecular complexity index is 633. The fourth-order valence-electron chi connectivity index (χ4n) is 1.80. The highest BCUT2D eigenvalue weighted by Crippen LogP contribution is 2.28. The summed E-state index contributed by atoms with van der Waals surface area (Å²) in [5, 5.41) is 2.61. The van der Waals surface area contributed by atoms with E-state index in [0.29, 0.717) is 12.5 Å². The van der Waals surface area contributed by atoms with Crippen LogP contribution in [0.2, 0.25) is 0 Å². The molecule has 1 aromatic carbocycles. The molecule has 8 heteroatoms. The van der Waals surface area contributed by atoms with Gasteiger partial charge in [0.25, 0.3) is 15.0 Å². The SMILES string of the molecule is CCC(CC)CNC(=O)c1cc(S(=O)(=O)Cl)c(Br)cc1F. The molecule has 1 aromatic rings. The van der Waals surface area contributed by atoms with E-state index in [1.807, 2.05) is 13.8 Å². The summed E-state index contributed by atoms with van der Waals surface area (Å²) in [6.45, 7) is 4.40. The van der Waals surface area contributed by atoms with Gasteiger partial charge in [0, 0.05) is 21.7 Å². The highest BCUT2D eigenvalue weighted by molar-refractivity contribution is 9.10. The summed E-state index contributed by atoms with van der Waals surface area (Å²) in [6, 6.07) is 1.85. The maximum absolute atomic E-state index is 13.8. The van der Waals surface area contributed by atoms with E-state index in [4.69, 9.17) is 10.7 Å². The second-order valence-electron chi connectivity index (χ2n) is 4.59. The van der Waals surface area contributed by atoms with Crippen LogP contribution in [-0.4, -0.2) is 20.9 Å². The van der Waals surface area contributed by atoms with Crippen molar-refractivity contribution in [2.45, 2.75) is 31.6 Å². The van der Waals surface area contributed by atoms with Crippen molar-refractivity contribution in [3.8, 4) is 0 Å². The van der Waals surface area contributed by atoms with Gasteiger partial charge in [0.2, 0.25) is 0 Å². The first kappa shape index (κ1) is 18.4. The van der Waals surface area contributed by atoms with Gasteiger partial charge in [-0.3, -0.25) is 4.79 Å². The average molecular weight is 401 g/mol. The van der Waals surface area contributed by atoms with E-state index < -0.39 is 20.8 Å². The molecule has 0 aliphatic carbocycles. The zero-order chi connectivity index (χ0) is 16.2. The van der Waals surface area contributed by atoms with E-state index in [0.717, 1.165) is 25.0 Å². The Labute approximate surface area is 136 Å². The van der Waals surface area contributed by atoms with Gasteiger partial charge in [-0.1, -0.05) is 26.7 Å². The Morgan fingerprint density at radius 1 is 1.38 bits per heavy atom. The summed E-state index contributed by atoms with van der Waals surface area (Å²) < 4.78 is 36.6. The smallest absolute Gasteiger partial charge is 0.262 e. The summed E-state index contributed by atoms with van der Waals surface area (Å²) in [7, 11) is 1.19. The largest absolute Gasteiger partial charge is 0.352 e. The van der Waals surface area contributed by atoms with Crippen molar-refractivity contribution in [1.29, 1.82) is 0 Å². The van der Waals surface area contributed by atoms with Crippen molar-refractivity contribution in [3.05, 3.63) is 28.0 Å². The Morgan fingerprint density at radius 3 is 2.43 bits per heavy atom. The van der Waals surface area contributed by atoms with Gasteiger partial charge in [-0.2, -0.15) is 0 Å². The number of halogens is 3. The van der Waals surface area contributed by atoms with Gasteiger partial charge in [-0.25, -0.2) is 12.8 Å². The number of carbonyl (C=O) groups excluding carboxylic acids is 1. The van der Waals surface area contributed by atoms with Crippen LogP contribution in [0.25, 0.3) is 0 Å². The van der Waals surface area contributed by atoms with Crippen molar-refractivity contribution in [1.82, 2.24) is 5.32 Å². The van der Waals surface area contributed by atoms with Crippen LogP contribution in [0.5, 0.6) is 0 Å². The van der Waals surface area contributed by atoms with Gasteiger partial charge in [-0.05, 0) is 34.0 Å². The standard InChI is InChI=1S/C13H16BrClFNO3S/c1-3-8(4-2)7-17-13(18)9-5-12(21(15,19)20)10(14)6-11(9)16/h5-6,8H,3-4,7H2,1-2H3,(H,17,18). The lowest BCUT2D eigenvalue weighted by molar-refractivity contribution is 0.0942. The summed E-state index contributed by atoms with van der Waals surface area (Å²) in [6.07, 6.45) is 1.78. The van der Waals surface area contributed by atoms with E-state index in [1.54, 1.807) is 0 Å². The molecule has 118 valence electrons. The normalized spacial score (nSPS) is 11.7. The number of benzene rings is 1. The number of nitrogens with one attached hydrogen (secondary N) is 1. The highest BCUT2D eigenvalue weighted by atomic mass is 79.9. The Kier molecular flexibility index (Phi) is 6.62. The van der Waals surface area contributed by atoms with Crippen LogP contribution in [0, 0.1) is 11.7 Å². The summed E-state index contributed by atoms with van der Waals surface area (Å²) in [4.78, 5) is 11.7. The number of carbonyl (C=O) groups is 1. The van der Waals surface area contributed by atoms with Crippen LogP contribution >= 0.6 is 26.6 Å². The summed E-state index contributed by atoms with van der Waals surface area (Å²) >= 11 is 2.92. The monoisotopic (exact) mass is 399 g/mol. The summed E-state index contributed by atoms with van der Waals surface area (Å²) in [5.41, 5.74) is -0.344. The first-order chi connectivity index (χ1) is 9.70. The molecule has 0 spiro atoms. The quantitative estimate of drug-likeness (QED) is 0.741. The molecule has 4 nitrogen and oxygen atoms in total. The number of hydrogen-bond acceptors (Lipinski definition) is 3. The molecule has 0 aromatic heterocycles. The zero-order valence-corrected chi connectivity index (χ0v) is 14.8. The second-order valence-corrected chi connectivity index (χ2v) is 7.98. The number of rotatable bonds is 6.